The zero-order chi connectivity index (χ0) is 40.3. The minimum absolute atomic E-state index is 0.177. The van der Waals surface area contributed by atoms with Crippen LogP contribution in [0.5, 0.6) is 0 Å². The molecule has 0 radical (unpaired) electrons. The molecule has 0 aliphatic rings. The molecule has 58 heavy (non-hydrogen) atoms. The van der Waals surface area contributed by atoms with Gasteiger partial charge in [0.1, 0.15) is 39.8 Å². The number of nitrogens with two attached hydrogens (primary N) is 2. The average molecular weight is 826 g/mol. The van der Waals surface area contributed by atoms with Crippen molar-refractivity contribution in [2.75, 3.05) is 11.5 Å². The van der Waals surface area contributed by atoms with Crippen LogP contribution in [0.15, 0.2) is 143 Å². The summed E-state index contributed by atoms with van der Waals surface area (Å²) in [7, 11) is -1.53. The number of para-hydroxylation sites is 2. The number of hydrogen-bond donors (Lipinski definition) is 4. The Hall–Kier alpha value is -6.61. The lowest BCUT2D eigenvalue weighted by atomic mass is 9.88. The third kappa shape index (κ3) is 8.12. The van der Waals surface area contributed by atoms with Crippen molar-refractivity contribution in [2.45, 2.75) is 0 Å². The van der Waals surface area contributed by atoms with E-state index in [0.717, 1.165) is 49.3 Å². The van der Waals surface area contributed by atoms with Crippen molar-refractivity contribution < 1.29 is 18.9 Å². The van der Waals surface area contributed by atoms with Crippen molar-refractivity contribution in [2.24, 2.45) is 0 Å². The Bertz CT molecular complexity index is 3040. The number of pyridine rings is 2. The van der Waals surface area contributed by atoms with Gasteiger partial charge >= 0.3 is 7.12 Å². The van der Waals surface area contributed by atoms with Gasteiger partial charge in [-0.1, -0.05) is 83.3 Å². The number of nitrogen functional groups attached to an aromatic ring is 2. The van der Waals surface area contributed by atoms with E-state index < -0.39 is 7.12 Å². The fourth-order valence-electron chi connectivity index (χ4n) is 6.16. The van der Waals surface area contributed by atoms with Crippen molar-refractivity contribution in [1.82, 2.24) is 29.9 Å². The molecule has 4 aromatic carbocycles. The molecule has 0 unspecified atom stereocenters. The van der Waals surface area contributed by atoms with Gasteiger partial charge in [0.2, 0.25) is 0 Å². The number of furan rings is 2. The topological polar surface area (TPSA) is 196 Å². The van der Waals surface area contributed by atoms with Crippen molar-refractivity contribution in [3.05, 3.63) is 149 Å². The zero-order valence-corrected chi connectivity index (χ0v) is 32.2. The molecular weight excluding hydrogens is 798 g/mol. The highest BCUT2D eigenvalue weighted by Crippen LogP contribution is 2.36. The van der Waals surface area contributed by atoms with E-state index in [9.17, 15) is 0 Å². The van der Waals surface area contributed by atoms with Crippen molar-refractivity contribution >= 4 is 103 Å². The molecule has 0 fully saturated rings. The summed E-state index contributed by atoms with van der Waals surface area (Å²) in [6.07, 6.45) is 6.41. The molecule has 0 aliphatic heterocycles. The third-order valence-corrected chi connectivity index (χ3v) is 9.60. The maximum Gasteiger partial charge on any atom is 0.526 e. The van der Waals surface area contributed by atoms with Crippen LogP contribution in [0.25, 0.3) is 77.7 Å². The second-order valence-electron chi connectivity index (χ2n) is 12.7. The summed E-state index contributed by atoms with van der Waals surface area (Å²) >= 11 is 18.7. The predicted molar refractivity (Wildman–Crippen MR) is 231 cm³/mol. The average Bonchev–Trinajstić information content (AvgIpc) is 3.87. The molecule has 0 spiro atoms. The Morgan fingerprint density at radius 3 is 1.60 bits per heavy atom. The molecule has 0 amide bonds. The Balaban J connectivity index is 0.000000132. The first kappa shape index (κ1) is 38.3. The smallest absolute Gasteiger partial charge is 0.465 e. The molecule has 10 rings (SSSR count). The monoisotopic (exact) mass is 824 g/mol. The molecule has 0 saturated carbocycles. The van der Waals surface area contributed by atoms with Crippen LogP contribution in [-0.2, 0) is 0 Å². The Labute approximate surface area is 344 Å². The van der Waals surface area contributed by atoms with Crippen LogP contribution in [0.3, 0.4) is 0 Å². The number of halogens is 3. The largest absolute Gasteiger partial charge is 0.526 e. The first-order chi connectivity index (χ1) is 28.1. The van der Waals surface area contributed by atoms with Crippen molar-refractivity contribution in [3.8, 4) is 34.0 Å². The summed E-state index contributed by atoms with van der Waals surface area (Å²) in [4.78, 5) is 25.7. The van der Waals surface area contributed by atoms with Gasteiger partial charge in [0, 0.05) is 45.1 Å². The summed E-state index contributed by atoms with van der Waals surface area (Å²) in [5.74, 6) is 1.21. The van der Waals surface area contributed by atoms with Crippen LogP contribution in [-0.4, -0.2) is 47.1 Å². The molecule has 6 heterocycles. The Kier molecular flexibility index (Phi) is 10.9. The summed E-state index contributed by atoms with van der Waals surface area (Å²) in [5.41, 5.74) is 17.9. The number of benzene rings is 4. The van der Waals surface area contributed by atoms with Crippen LogP contribution in [0.2, 0.25) is 15.2 Å². The normalized spacial score (nSPS) is 11.0. The molecule has 284 valence electrons. The lowest BCUT2D eigenvalue weighted by Gasteiger charge is -2.09. The summed E-state index contributed by atoms with van der Waals surface area (Å²) < 4.78 is 11.1. The van der Waals surface area contributed by atoms with E-state index in [0.29, 0.717) is 44.3 Å². The lowest BCUT2D eigenvalue weighted by molar-refractivity contribution is 0.412. The van der Waals surface area contributed by atoms with Gasteiger partial charge in [-0.2, -0.15) is 0 Å². The SMILES string of the molecule is Nc1cnc(-c2cc(Cl)c3ncccc3c2)c(-c2cc3ccccc3o2)n1.Nc1cnc(-c2cc(Cl)c3ncccc3c2)c(Cl)n1.OB(O)c1cc2ccccc2o1. The minimum Gasteiger partial charge on any atom is -0.465 e. The molecule has 0 saturated heterocycles. The van der Waals surface area contributed by atoms with E-state index in [-0.39, 0.29) is 16.6 Å². The van der Waals surface area contributed by atoms with Gasteiger partial charge in [0.15, 0.2) is 10.9 Å². The predicted octanol–water partition coefficient (Wildman–Crippen LogP) is 9.03. The third-order valence-electron chi connectivity index (χ3n) is 8.76. The zero-order valence-electron chi connectivity index (χ0n) is 30.0. The minimum atomic E-state index is -1.53. The van der Waals surface area contributed by atoms with Gasteiger partial charge in [-0.25, -0.2) is 19.9 Å². The van der Waals surface area contributed by atoms with Crippen LogP contribution in [0.1, 0.15) is 0 Å². The standard InChI is InChI=1S/C21H13ClN4O.C13H8Cl2N4.C8H7BO3/c22-15-9-14(8-13-5-3-7-24-19(13)15)20-21(26-18(23)11-25-20)17-10-12-4-1-2-6-16(12)27-17;14-9-5-8(4-7-2-1-3-17-11(7)9)12-13(15)19-10(16)6-18-12;10-9(11)8-5-6-3-1-2-4-7(6)12-8/h1-11H,(H2,23,26);1-6H,(H2,16,19);1-5,10-11H. The van der Waals surface area contributed by atoms with E-state index in [2.05, 4.69) is 29.9 Å². The second kappa shape index (κ2) is 16.5. The number of aromatic nitrogens is 6. The summed E-state index contributed by atoms with van der Waals surface area (Å²) in [6, 6.07) is 33.8. The molecular formula is C42H28BCl3N8O4. The molecule has 10 aromatic rings. The number of anilines is 2. The first-order valence-corrected chi connectivity index (χ1v) is 18.6. The molecule has 16 heteroatoms. The van der Waals surface area contributed by atoms with Crippen LogP contribution in [0, 0.1) is 0 Å². The number of rotatable bonds is 4. The van der Waals surface area contributed by atoms with E-state index in [1.165, 1.54) is 12.4 Å². The Morgan fingerprint density at radius 1 is 0.517 bits per heavy atom. The molecule has 6 aromatic heterocycles. The first-order valence-electron chi connectivity index (χ1n) is 17.4. The molecule has 0 bridgehead atoms. The quantitative estimate of drug-likeness (QED) is 0.123. The van der Waals surface area contributed by atoms with Crippen molar-refractivity contribution in [1.29, 1.82) is 0 Å². The number of nitrogens with zero attached hydrogens (tertiary/aromatic N) is 6. The van der Waals surface area contributed by atoms with Crippen LogP contribution in [0.4, 0.5) is 11.6 Å². The Morgan fingerprint density at radius 2 is 1.03 bits per heavy atom. The highest BCUT2D eigenvalue weighted by Gasteiger charge is 2.18. The second-order valence-corrected chi connectivity index (χ2v) is 13.9. The van der Waals surface area contributed by atoms with E-state index >= 15 is 0 Å². The van der Waals surface area contributed by atoms with Gasteiger partial charge in [-0.3, -0.25) is 9.97 Å². The maximum atomic E-state index is 8.79. The van der Waals surface area contributed by atoms with Gasteiger partial charge in [-0.15, -0.1) is 0 Å². The number of hydrogen-bond acceptors (Lipinski definition) is 12. The van der Waals surface area contributed by atoms with Crippen LogP contribution < -0.4 is 17.1 Å². The fourth-order valence-corrected chi connectivity index (χ4v) is 6.96. The van der Waals surface area contributed by atoms with Crippen LogP contribution >= 0.6 is 34.8 Å². The van der Waals surface area contributed by atoms with Gasteiger partial charge < -0.3 is 30.3 Å². The van der Waals surface area contributed by atoms with E-state index in [1.54, 1.807) is 30.6 Å². The molecule has 0 atom stereocenters. The summed E-state index contributed by atoms with van der Waals surface area (Å²) in [5, 5.41) is 22.6. The fraction of sp³-hybridized carbons (Fsp3) is 0. The number of fused-ring (bicyclic) bond motifs is 4. The molecule has 12 nitrogen and oxygen atoms in total. The van der Waals surface area contributed by atoms with Gasteiger partial charge in [-0.05, 0) is 60.7 Å². The molecule has 6 N–H and O–H groups in total. The van der Waals surface area contributed by atoms with Gasteiger partial charge in [0.25, 0.3) is 0 Å². The van der Waals surface area contributed by atoms with E-state index in [4.69, 9.17) is 65.2 Å². The summed E-state index contributed by atoms with van der Waals surface area (Å²) in [6.45, 7) is 0. The van der Waals surface area contributed by atoms with E-state index in [1.807, 2.05) is 91.0 Å². The maximum absolute atomic E-state index is 8.79. The molecule has 0 aliphatic carbocycles. The highest BCUT2D eigenvalue weighted by molar-refractivity contribution is 6.57. The lowest BCUT2D eigenvalue weighted by Crippen LogP contribution is -2.27. The van der Waals surface area contributed by atoms with Gasteiger partial charge in [0.05, 0.1) is 39.2 Å². The highest BCUT2D eigenvalue weighted by atomic mass is 35.5. The van der Waals surface area contributed by atoms with Crippen molar-refractivity contribution in [3.63, 3.8) is 0 Å².